The Bertz CT molecular complexity index is 718. The molecule has 130 valence electrons. The van der Waals surface area contributed by atoms with Gasteiger partial charge in [-0.1, -0.05) is 6.92 Å². The average Bonchev–Trinajstić information content (AvgIpc) is 2.47. The lowest BCUT2D eigenvalue weighted by atomic mass is 9.93. The van der Waals surface area contributed by atoms with Gasteiger partial charge >= 0.3 is 11.9 Å². The summed E-state index contributed by atoms with van der Waals surface area (Å²) in [6, 6.07) is 0. The van der Waals surface area contributed by atoms with Crippen LogP contribution in [0, 0.1) is 0 Å². The zero-order chi connectivity index (χ0) is 18.6. The van der Waals surface area contributed by atoms with E-state index in [2.05, 4.69) is 0 Å². The minimum Gasteiger partial charge on any atom is -0.504 e. The molecule has 8 nitrogen and oxygen atoms in total. The van der Waals surface area contributed by atoms with Crippen LogP contribution in [0.3, 0.4) is 0 Å². The molecule has 0 saturated heterocycles. The smallest absolute Gasteiger partial charge is 0.339 e. The Morgan fingerprint density at radius 2 is 1.42 bits per heavy atom. The Morgan fingerprint density at radius 1 is 0.875 bits per heavy atom. The normalized spacial score (nSPS) is 10.2. The molecule has 0 atom stereocenters. The summed E-state index contributed by atoms with van der Waals surface area (Å²) in [5, 5.41) is 20.0. The van der Waals surface area contributed by atoms with Crippen molar-refractivity contribution in [3.05, 3.63) is 16.7 Å². The number of hydrogen-bond acceptors (Lipinski definition) is 8. The molecule has 0 aliphatic carbocycles. The number of benzene rings is 1. The van der Waals surface area contributed by atoms with Crippen molar-refractivity contribution in [3.8, 4) is 17.2 Å². The molecular weight excluding hydrogens is 320 g/mol. The maximum Gasteiger partial charge on any atom is 0.339 e. The highest BCUT2D eigenvalue weighted by Gasteiger charge is 2.34. The van der Waals surface area contributed by atoms with Gasteiger partial charge in [-0.3, -0.25) is 14.4 Å². The van der Waals surface area contributed by atoms with Crippen molar-refractivity contribution in [1.82, 2.24) is 0 Å². The van der Waals surface area contributed by atoms with E-state index in [1.165, 1.54) is 0 Å². The lowest BCUT2D eigenvalue weighted by molar-refractivity contribution is -0.132. The molecule has 24 heavy (non-hydrogen) atoms. The predicted molar refractivity (Wildman–Crippen MR) is 81.7 cm³/mol. The van der Waals surface area contributed by atoms with E-state index in [-0.39, 0.29) is 6.61 Å². The number of ketones is 2. The molecule has 0 unspecified atom stereocenters. The molecule has 0 aliphatic heterocycles. The topological polar surface area (TPSA) is 127 Å². The van der Waals surface area contributed by atoms with Crippen molar-refractivity contribution in [3.63, 3.8) is 0 Å². The number of ether oxygens (including phenoxy) is 2. The molecule has 1 rings (SSSR count). The molecule has 0 saturated carbocycles. The number of phenols is 2. The number of carbonyl (C=O) groups is 4. The monoisotopic (exact) mass is 338 g/mol. The first-order valence-electron chi connectivity index (χ1n) is 7.12. The van der Waals surface area contributed by atoms with E-state index in [4.69, 9.17) is 9.47 Å². The van der Waals surface area contributed by atoms with Crippen LogP contribution in [-0.4, -0.2) is 40.3 Å². The molecule has 0 radical (unpaired) electrons. The van der Waals surface area contributed by atoms with Crippen LogP contribution in [0.5, 0.6) is 17.2 Å². The number of carbonyl (C=O) groups excluding carboxylic acids is 4. The van der Waals surface area contributed by atoms with E-state index in [0.29, 0.717) is 6.42 Å². The van der Waals surface area contributed by atoms with E-state index in [1.807, 2.05) is 0 Å². The Morgan fingerprint density at radius 3 is 1.83 bits per heavy atom. The average molecular weight is 338 g/mol. The van der Waals surface area contributed by atoms with Gasteiger partial charge in [0.2, 0.25) is 5.75 Å². The van der Waals surface area contributed by atoms with Crippen LogP contribution in [0.25, 0.3) is 0 Å². The molecular formula is C16H18O8. The summed E-state index contributed by atoms with van der Waals surface area (Å²) in [5.41, 5.74) is -1.63. The summed E-state index contributed by atoms with van der Waals surface area (Å²) >= 11 is 0. The van der Waals surface area contributed by atoms with Gasteiger partial charge in [0.05, 0.1) is 23.3 Å². The van der Waals surface area contributed by atoms with Gasteiger partial charge in [0.25, 0.3) is 0 Å². The standard InChI is InChI=1S/C16H18O8/c1-5-6-23-16(22)12-10(7(2)17)13(20)14(21)15(24-9(4)19)11(12)8(3)18/h20-21H,5-6H2,1-4H3. The number of rotatable bonds is 6. The first kappa shape index (κ1) is 19.1. The summed E-state index contributed by atoms with van der Waals surface area (Å²) in [5.74, 6) is -6.11. The SMILES string of the molecule is CCCOC(=O)c1c(C(C)=O)c(O)c(O)c(OC(C)=O)c1C(C)=O. The van der Waals surface area contributed by atoms with E-state index in [0.717, 1.165) is 20.8 Å². The minimum atomic E-state index is -1.05. The van der Waals surface area contributed by atoms with Gasteiger partial charge in [-0.15, -0.1) is 0 Å². The number of phenolic OH excluding ortho intramolecular Hbond substituents is 2. The summed E-state index contributed by atoms with van der Waals surface area (Å²) < 4.78 is 9.70. The molecule has 8 heteroatoms. The van der Waals surface area contributed by atoms with Crippen molar-refractivity contribution in [2.75, 3.05) is 6.61 Å². The first-order valence-corrected chi connectivity index (χ1v) is 7.12. The van der Waals surface area contributed by atoms with E-state index in [9.17, 15) is 29.4 Å². The molecule has 0 bridgehead atoms. The third-order valence-corrected chi connectivity index (χ3v) is 2.99. The van der Waals surface area contributed by atoms with Crippen molar-refractivity contribution in [1.29, 1.82) is 0 Å². The van der Waals surface area contributed by atoms with Gasteiger partial charge in [0.1, 0.15) is 0 Å². The molecule has 1 aromatic carbocycles. The second kappa shape index (κ2) is 7.58. The first-order chi connectivity index (χ1) is 11.1. The fourth-order valence-electron chi connectivity index (χ4n) is 2.09. The largest absolute Gasteiger partial charge is 0.504 e. The van der Waals surface area contributed by atoms with Crippen LogP contribution in [0.1, 0.15) is 65.2 Å². The maximum absolute atomic E-state index is 12.3. The molecule has 1 aromatic rings. The Kier molecular flexibility index (Phi) is 6.05. The highest BCUT2D eigenvalue weighted by atomic mass is 16.5. The molecule has 0 aromatic heterocycles. The van der Waals surface area contributed by atoms with Gasteiger partial charge in [-0.2, -0.15) is 0 Å². The number of esters is 2. The fraction of sp³-hybridized carbons (Fsp3) is 0.375. The van der Waals surface area contributed by atoms with Gasteiger partial charge < -0.3 is 19.7 Å². The molecule has 0 heterocycles. The Balaban J connectivity index is 3.87. The predicted octanol–water partition coefficient (Wildman–Crippen LogP) is 2.00. The maximum atomic E-state index is 12.3. The minimum absolute atomic E-state index is 0.0120. The van der Waals surface area contributed by atoms with E-state index in [1.54, 1.807) is 6.92 Å². The van der Waals surface area contributed by atoms with Crippen molar-refractivity contribution < 1.29 is 38.9 Å². The summed E-state index contributed by atoms with van der Waals surface area (Å²) in [4.78, 5) is 47.3. The van der Waals surface area contributed by atoms with Gasteiger partial charge in [0, 0.05) is 6.92 Å². The van der Waals surface area contributed by atoms with Crippen molar-refractivity contribution >= 4 is 23.5 Å². The number of hydrogen-bond donors (Lipinski definition) is 2. The summed E-state index contributed by atoms with van der Waals surface area (Å²) in [7, 11) is 0. The highest BCUT2D eigenvalue weighted by Crippen LogP contribution is 2.44. The second-order valence-corrected chi connectivity index (χ2v) is 4.99. The lowest BCUT2D eigenvalue weighted by Crippen LogP contribution is -2.18. The molecule has 0 spiro atoms. The van der Waals surface area contributed by atoms with Crippen LogP contribution in [0.4, 0.5) is 0 Å². The zero-order valence-electron chi connectivity index (χ0n) is 13.8. The molecule has 0 fully saturated rings. The van der Waals surface area contributed by atoms with E-state index >= 15 is 0 Å². The fourth-order valence-corrected chi connectivity index (χ4v) is 2.09. The summed E-state index contributed by atoms with van der Waals surface area (Å²) in [6.45, 7) is 4.86. The third kappa shape index (κ3) is 3.70. The van der Waals surface area contributed by atoms with Crippen LogP contribution in [-0.2, 0) is 9.53 Å². The van der Waals surface area contributed by atoms with Gasteiger partial charge in [0.15, 0.2) is 23.1 Å². The molecule has 0 aliphatic rings. The molecule has 2 N–H and O–H groups in total. The van der Waals surface area contributed by atoms with Crippen LogP contribution < -0.4 is 4.74 Å². The lowest BCUT2D eigenvalue weighted by Gasteiger charge is -2.17. The third-order valence-electron chi connectivity index (χ3n) is 2.99. The second-order valence-electron chi connectivity index (χ2n) is 4.99. The number of Topliss-reactive ketones (excluding diaryl/α,β-unsaturated/α-hetero) is 2. The van der Waals surface area contributed by atoms with Crippen molar-refractivity contribution in [2.45, 2.75) is 34.1 Å². The highest BCUT2D eigenvalue weighted by molar-refractivity contribution is 6.16. The summed E-state index contributed by atoms with van der Waals surface area (Å²) in [6.07, 6.45) is 0.484. The number of aromatic hydroxyl groups is 2. The van der Waals surface area contributed by atoms with Crippen LogP contribution >= 0.6 is 0 Å². The van der Waals surface area contributed by atoms with Crippen LogP contribution in [0.15, 0.2) is 0 Å². The van der Waals surface area contributed by atoms with E-state index < -0.39 is 57.4 Å². The Labute approximate surface area is 138 Å². The Hall–Kier alpha value is -2.90. The quantitative estimate of drug-likeness (QED) is 0.349. The van der Waals surface area contributed by atoms with Gasteiger partial charge in [-0.05, 0) is 20.3 Å². The van der Waals surface area contributed by atoms with Crippen molar-refractivity contribution in [2.24, 2.45) is 0 Å². The molecule has 0 amide bonds. The zero-order valence-corrected chi connectivity index (χ0v) is 13.8. The van der Waals surface area contributed by atoms with Gasteiger partial charge in [-0.25, -0.2) is 4.79 Å². The van der Waals surface area contributed by atoms with Crippen LogP contribution in [0.2, 0.25) is 0 Å².